The maximum Gasteiger partial charge on any atom is 0.324 e. The first-order chi connectivity index (χ1) is 11.5. The van der Waals surface area contributed by atoms with Crippen LogP contribution >= 0.6 is 24.2 Å². The number of thiol groups is 1. The largest absolute Gasteiger partial charge is 0.480 e. The van der Waals surface area contributed by atoms with Crippen molar-refractivity contribution >= 4 is 30.2 Å². The van der Waals surface area contributed by atoms with Crippen LogP contribution in [0, 0.1) is 6.92 Å². The number of carboxylic acids is 1. The molecule has 0 bridgehead atoms. The first kappa shape index (κ1) is 16.5. The number of benzene rings is 2. The molecule has 3 rings (SSSR count). The van der Waals surface area contributed by atoms with Crippen molar-refractivity contribution in [3.63, 3.8) is 0 Å². The molecule has 0 fully saturated rings. The Morgan fingerprint density at radius 3 is 2.33 bits per heavy atom. The van der Waals surface area contributed by atoms with E-state index in [4.69, 9.17) is 11.6 Å². The molecule has 0 aliphatic carbocycles. The zero-order valence-electron chi connectivity index (χ0n) is 12.7. The van der Waals surface area contributed by atoms with Gasteiger partial charge in [0.15, 0.2) is 16.9 Å². The number of aryl methyl sites for hydroxylation is 1. The Labute approximate surface area is 149 Å². The van der Waals surface area contributed by atoms with Crippen molar-refractivity contribution in [1.29, 1.82) is 0 Å². The van der Waals surface area contributed by atoms with E-state index in [2.05, 4.69) is 22.8 Å². The molecule has 1 aromatic heterocycles. The minimum absolute atomic E-state index is 0.250. The lowest BCUT2D eigenvalue weighted by molar-refractivity contribution is -0.136. The predicted octanol–water partition coefficient (Wildman–Crippen LogP) is 3.95. The number of carbonyl (C=O) groups is 1. The summed E-state index contributed by atoms with van der Waals surface area (Å²) in [6.45, 7) is 1.98. The third-order valence-electron chi connectivity index (χ3n) is 3.56. The number of carboxylic acid groups (broad SMARTS) is 1. The average Bonchev–Trinajstić information content (AvgIpc) is 3.00. The van der Waals surface area contributed by atoms with Crippen LogP contribution in [-0.2, 0) is 4.79 Å². The van der Waals surface area contributed by atoms with Gasteiger partial charge in [-0.05, 0) is 43.3 Å². The molecule has 0 aliphatic heterocycles. The summed E-state index contributed by atoms with van der Waals surface area (Å²) in [6, 6.07) is 14.8. The Morgan fingerprint density at radius 2 is 1.75 bits per heavy atom. The van der Waals surface area contributed by atoms with Gasteiger partial charge in [0, 0.05) is 16.3 Å². The Morgan fingerprint density at radius 1 is 1.12 bits per heavy atom. The van der Waals surface area contributed by atoms with Crippen LogP contribution in [-0.4, -0.2) is 25.8 Å². The summed E-state index contributed by atoms with van der Waals surface area (Å²) in [7, 11) is 0. The second-order valence-corrected chi connectivity index (χ2v) is 6.25. The first-order valence-corrected chi connectivity index (χ1v) is 8.06. The summed E-state index contributed by atoms with van der Waals surface area (Å²) in [6.07, 6.45) is 0. The van der Waals surface area contributed by atoms with Crippen molar-refractivity contribution < 1.29 is 9.90 Å². The molecule has 0 saturated carbocycles. The zero-order valence-corrected chi connectivity index (χ0v) is 14.4. The fraction of sp³-hybridized carbons (Fsp3) is 0.118. The molecule has 1 N–H and O–H groups in total. The number of aliphatic carboxylic acids is 1. The Balaban J connectivity index is 2.21. The van der Waals surface area contributed by atoms with E-state index in [0.717, 1.165) is 16.8 Å². The molecule has 24 heavy (non-hydrogen) atoms. The van der Waals surface area contributed by atoms with Crippen LogP contribution in [0.15, 0.2) is 48.5 Å². The van der Waals surface area contributed by atoms with Gasteiger partial charge in [-0.25, -0.2) is 0 Å². The summed E-state index contributed by atoms with van der Waals surface area (Å²) in [5.74, 6) is -0.299. The third-order valence-corrected chi connectivity index (χ3v) is 4.26. The standard InChI is InChI=1S/C17H14ClN3O2S/c1-10-2-8-13(9-3-10)21-15(11-4-6-12(18)7-5-11)19-20-16(21)14(24)17(22)23/h2-9,14,24H,1H3,(H,22,23). The van der Waals surface area contributed by atoms with Crippen LogP contribution in [0.1, 0.15) is 16.6 Å². The lowest BCUT2D eigenvalue weighted by Crippen LogP contribution is -2.12. The van der Waals surface area contributed by atoms with E-state index in [1.165, 1.54) is 0 Å². The molecule has 1 unspecified atom stereocenters. The van der Waals surface area contributed by atoms with E-state index < -0.39 is 11.2 Å². The minimum atomic E-state index is -1.08. The molecule has 1 heterocycles. The maximum atomic E-state index is 11.4. The second kappa shape index (κ2) is 6.67. The highest BCUT2D eigenvalue weighted by atomic mass is 35.5. The number of hydrogen-bond donors (Lipinski definition) is 2. The van der Waals surface area contributed by atoms with Gasteiger partial charge in [0.25, 0.3) is 0 Å². The van der Waals surface area contributed by atoms with E-state index in [-0.39, 0.29) is 5.82 Å². The van der Waals surface area contributed by atoms with E-state index in [0.29, 0.717) is 10.8 Å². The molecular formula is C17H14ClN3O2S. The first-order valence-electron chi connectivity index (χ1n) is 7.16. The fourth-order valence-electron chi connectivity index (χ4n) is 2.32. The topological polar surface area (TPSA) is 68.0 Å². The molecule has 0 aliphatic rings. The summed E-state index contributed by atoms with van der Waals surface area (Å²) in [4.78, 5) is 11.4. The van der Waals surface area contributed by atoms with Gasteiger partial charge >= 0.3 is 5.97 Å². The minimum Gasteiger partial charge on any atom is -0.480 e. The fourth-order valence-corrected chi connectivity index (χ4v) is 2.61. The molecule has 122 valence electrons. The van der Waals surface area contributed by atoms with Gasteiger partial charge in [0.1, 0.15) is 0 Å². The van der Waals surface area contributed by atoms with Crippen LogP contribution in [0.4, 0.5) is 0 Å². The Bertz CT molecular complexity index is 876. The summed E-state index contributed by atoms with van der Waals surface area (Å²) >= 11 is 10.1. The molecule has 2 aromatic carbocycles. The van der Waals surface area contributed by atoms with E-state index in [1.807, 2.05) is 43.3 Å². The average molecular weight is 360 g/mol. The Kier molecular flexibility index (Phi) is 4.59. The van der Waals surface area contributed by atoms with Crippen molar-refractivity contribution in [3.8, 4) is 17.1 Å². The quantitative estimate of drug-likeness (QED) is 0.692. The maximum absolute atomic E-state index is 11.4. The predicted molar refractivity (Wildman–Crippen MR) is 95.9 cm³/mol. The van der Waals surface area contributed by atoms with Gasteiger partial charge in [0.2, 0.25) is 0 Å². The second-order valence-electron chi connectivity index (χ2n) is 5.30. The van der Waals surface area contributed by atoms with Crippen molar-refractivity contribution in [2.45, 2.75) is 12.2 Å². The SMILES string of the molecule is Cc1ccc(-n2c(-c3ccc(Cl)cc3)nnc2C(S)C(=O)O)cc1. The summed E-state index contributed by atoms with van der Waals surface area (Å²) in [5, 5.41) is 17.1. The Hall–Kier alpha value is -2.31. The summed E-state index contributed by atoms with van der Waals surface area (Å²) < 4.78 is 1.70. The molecule has 0 saturated heterocycles. The zero-order chi connectivity index (χ0) is 17.3. The van der Waals surface area contributed by atoms with Crippen LogP contribution in [0.2, 0.25) is 5.02 Å². The van der Waals surface area contributed by atoms with Crippen LogP contribution in [0.5, 0.6) is 0 Å². The van der Waals surface area contributed by atoms with Crippen LogP contribution < -0.4 is 0 Å². The van der Waals surface area contributed by atoms with Crippen molar-refractivity contribution in [3.05, 3.63) is 64.9 Å². The lowest BCUT2D eigenvalue weighted by atomic mass is 10.2. The highest BCUT2D eigenvalue weighted by Crippen LogP contribution is 2.29. The molecule has 0 amide bonds. The normalized spacial score (nSPS) is 12.1. The number of aromatic nitrogens is 3. The molecule has 0 spiro atoms. The lowest BCUT2D eigenvalue weighted by Gasteiger charge is -2.12. The van der Waals surface area contributed by atoms with Gasteiger partial charge in [0.05, 0.1) is 0 Å². The highest BCUT2D eigenvalue weighted by molar-refractivity contribution is 7.81. The highest BCUT2D eigenvalue weighted by Gasteiger charge is 2.25. The number of hydrogen-bond acceptors (Lipinski definition) is 4. The molecule has 5 nitrogen and oxygen atoms in total. The smallest absolute Gasteiger partial charge is 0.324 e. The van der Waals surface area contributed by atoms with Crippen molar-refractivity contribution in [2.75, 3.05) is 0 Å². The van der Waals surface area contributed by atoms with E-state index in [9.17, 15) is 9.90 Å². The molecule has 0 radical (unpaired) electrons. The monoisotopic (exact) mass is 359 g/mol. The number of rotatable bonds is 4. The van der Waals surface area contributed by atoms with Gasteiger partial charge in [-0.2, -0.15) is 12.6 Å². The van der Waals surface area contributed by atoms with E-state index >= 15 is 0 Å². The molecule has 3 aromatic rings. The van der Waals surface area contributed by atoms with Gasteiger partial charge in [-0.15, -0.1) is 10.2 Å². The van der Waals surface area contributed by atoms with Gasteiger partial charge in [-0.3, -0.25) is 9.36 Å². The molecular weight excluding hydrogens is 346 g/mol. The van der Waals surface area contributed by atoms with Crippen molar-refractivity contribution in [2.24, 2.45) is 0 Å². The van der Waals surface area contributed by atoms with Gasteiger partial charge in [-0.1, -0.05) is 29.3 Å². The molecule has 1 atom stereocenters. The van der Waals surface area contributed by atoms with Gasteiger partial charge < -0.3 is 5.11 Å². The van der Waals surface area contributed by atoms with Crippen LogP contribution in [0.3, 0.4) is 0 Å². The number of nitrogens with zero attached hydrogens (tertiary/aromatic N) is 3. The van der Waals surface area contributed by atoms with Crippen LogP contribution in [0.25, 0.3) is 17.1 Å². The summed E-state index contributed by atoms with van der Waals surface area (Å²) in [5.41, 5.74) is 2.65. The number of halogens is 1. The third kappa shape index (κ3) is 3.16. The van der Waals surface area contributed by atoms with Crippen molar-refractivity contribution in [1.82, 2.24) is 14.8 Å². The molecule has 7 heteroatoms. The van der Waals surface area contributed by atoms with E-state index in [1.54, 1.807) is 16.7 Å².